The Bertz CT molecular complexity index is 1230. The van der Waals surface area contributed by atoms with Crippen LogP contribution in [0.3, 0.4) is 0 Å². The zero-order chi connectivity index (χ0) is 23.2. The molecule has 170 valence electrons. The number of nitrogens with zero attached hydrogens (tertiary/aromatic N) is 2. The number of amides is 1. The highest BCUT2D eigenvalue weighted by Gasteiger charge is 2.32. The molecule has 0 aliphatic carbocycles. The van der Waals surface area contributed by atoms with Crippen molar-refractivity contribution in [3.05, 3.63) is 60.3 Å². The Kier molecular flexibility index (Phi) is 5.11. The van der Waals surface area contributed by atoms with Crippen LogP contribution in [-0.4, -0.2) is 30.3 Å². The Morgan fingerprint density at radius 1 is 1.09 bits per heavy atom. The first-order valence-corrected chi connectivity index (χ1v) is 10.5. The van der Waals surface area contributed by atoms with Gasteiger partial charge in [0, 0.05) is 25.4 Å². The fourth-order valence-corrected chi connectivity index (χ4v) is 4.09. The molecule has 5 rings (SSSR count). The molecule has 1 aromatic heterocycles. The van der Waals surface area contributed by atoms with Crippen LogP contribution in [0.4, 0.5) is 24.7 Å². The summed E-state index contributed by atoms with van der Waals surface area (Å²) in [5, 5.41) is 2.61. The highest BCUT2D eigenvalue weighted by Crippen LogP contribution is 2.40. The van der Waals surface area contributed by atoms with E-state index in [-0.39, 0.29) is 17.0 Å². The first-order valence-electron chi connectivity index (χ1n) is 10.5. The number of nitrogens with one attached hydrogen (secondary N) is 1. The Labute approximate surface area is 188 Å². The predicted molar refractivity (Wildman–Crippen MR) is 117 cm³/mol. The smallest absolute Gasteiger partial charge is 0.454 e. The van der Waals surface area contributed by atoms with Crippen molar-refractivity contribution in [2.24, 2.45) is 5.92 Å². The third-order valence-corrected chi connectivity index (χ3v) is 5.70. The van der Waals surface area contributed by atoms with E-state index < -0.39 is 18.0 Å². The van der Waals surface area contributed by atoms with E-state index in [1.807, 2.05) is 18.2 Å². The minimum Gasteiger partial charge on any atom is -0.454 e. The summed E-state index contributed by atoms with van der Waals surface area (Å²) in [5.41, 5.74) is 2.07. The van der Waals surface area contributed by atoms with Crippen molar-refractivity contribution in [3.63, 3.8) is 0 Å². The van der Waals surface area contributed by atoms with Crippen LogP contribution in [0, 0.1) is 5.92 Å². The van der Waals surface area contributed by atoms with E-state index in [0.717, 1.165) is 48.6 Å². The van der Waals surface area contributed by atoms with Gasteiger partial charge >= 0.3 is 6.36 Å². The van der Waals surface area contributed by atoms with Crippen LogP contribution in [0.15, 0.2) is 54.7 Å². The Morgan fingerprint density at radius 2 is 1.88 bits per heavy atom. The molecule has 0 spiro atoms. The lowest BCUT2D eigenvalue weighted by atomic mass is 10.0. The number of halogens is 3. The number of alkyl halides is 3. The number of carbonyl (C=O) groups is 1. The number of anilines is 2. The zero-order valence-corrected chi connectivity index (χ0v) is 17.6. The van der Waals surface area contributed by atoms with Gasteiger partial charge in [0.2, 0.25) is 0 Å². The van der Waals surface area contributed by atoms with Crippen LogP contribution in [0.25, 0.3) is 11.1 Å². The molecule has 2 aliphatic heterocycles. The number of fused-ring (bicyclic) bond motifs is 2. The maximum atomic E-state index is 12.9. The van der Waals surface area contributed by atoms with Gasteiger partial charge in [0.25, 0.3) is 5.91 Å². The van der Waals surface area contributed by atoms with Crippen molar-refractivity contribution in [1.82, 2.24) is 4.98 Å². The second-order valence-corrected chi connectivity index (χ2v) is 8.22. The van der Waals surface area contributed by atoms with Gasteiger partial charge < -0.3 is 19.7 Å². The van der Waals surface area contributed by atoms with Gasteiger partial charge in [0.1, 0.15) is 17.3 Å². The number of pyridine rings is 1. The lowest BCUT2D eigenvalue weighted by Gasteiger charge is -2.18. The van der Waals surface area contributed by atoms with Crippen molar-refractivity contribution < 1.29 is 27.4 Å². The highest BCUT2D eigenvalue weighted by molar-refractivity contribution is 6.08. The van der Waals surface area contributed by atoms with Crippen molar-refractivity contribution in [2.45, 2.75) is 19.7 Å². The summed E-state index contributed by atoms with van der Waals surface area (Å²) < 4.78 is 47.4. The number of ether oxygens (including phenoxy) is 2. The Balaban J connectivity index is 1.44. The number of aromatic nitrogens is 1. The second kappa shape index (κ2) is 7.99. The topological polar surface area (TPSA) is 63.7 Å². The van der Waals surface area contributed by atoms with Crippen molar-refractivity contribution in [2.75, 3.05) is 23.3 Å². The highest BCUT2D eigenvalue weighted by atomic mass is 19.4. The normalized spacial score (nSPS) is 17.5. The molecule has 3 heterocycles. The van der Waals surface area contributed by atoms with E-state index in [1.165, 1.54) is 6.07 Å². The number of hydrogen-bond acceptors (Lipinski definition) is 5. The molecule has 9 heteroatoms. The molecule has 2 aromatic carbocycles. The molecule has 3 aromatic rings. The van der Waals surface area contributed by atoms with E-state index in [0.29, 0.717) is 11.7 Å². The van der Waals surface area contributed by atoms with Crippen LogP contribution in [0.5, 0.6) is 17.2 Å². The molecule has 0 radical (unpaired) electrons. The molecule has 1 amide bonds. The second-order valence-electron chi connectivity index (χ2n) is 8.22. The van der Waals surface area contributed by atoms with Crippen LogP contribution in [0.2, 0.25) is 0 Å². The number of rotatable bonds is 3. The summed E-state index contributed by atoms with van der Waals surface area (Å²) in [6.07, 6.45) is -1.97. The van der Waals surface area contributed by atoms with Crippen molar-refractivity contribution >= 4 is 17.4 Å². The van der Waals surface area contributed by atoms with Crippen molar-refractivity contribution in [1.29, 1.82) is 0 Å². The molecule has 2 aliphatic rings. The third kappa shape index (κ3) is 4.44. The number of carbonyl (C=O) groups excluding carboxylic acids is 1. The van der Waals surface area contributed by atoms with Crippen LogP contribution in [0.1, 0.15) is 23.7 Å². The van der Waals surface area contributed by atoms with Gasteiger partial charge in [0.05, 0.1) is 11.3 Å². The summed E-state index contributed by atoms with van der Waals surface area (Å²) in [7, 11) is 0. The predicted octanol–water partition coefficient (Wildman–Crippen LogP) is 5.85. The lowest BCUT2D eigenvalue weighted by Crippen LogP contribution is -2.20. The molecule has 0 unspecified atom stereocenters. The van der Waals surface area contributed by atoms with Crippen LogP contribution in [-0.2, 0) is 0 Å². The quantitative estimate of drug-likeness (QED) is 0.537. The van der Waals surface area contributed by atoms with E-state index in [2.05, 4.69) is 26.9 Å². The first kappa shape index (κ1) is 21.1. The van der Waals surface area contributed by atoms with E-state index in [4.69, 9.17) is 4.74 Å². The minimum atomic E-state index is -4.84. The zero-order valence-electron chi connectivity index (χ0n) is 17.6. The van der Waals surface area contributed by atoms with Gasteiger partial charge in [-0.2, -0.15) is 0 Å². The monoisotopic (exact) mass is 455 g/mol. The Hall–Kier alpha value is -3.75. The molecule has 1 saturated heterocycles. The van der Waals surface area contributed by atoms with Crippen LogP contribution < -0.4 is 19.7 Å². The molecule has 0 saturated carbocycles. The SMILES string of the molecule is C[C@H]1CCN(c2cc(-c3ccc4c(c3)C(=O)Nc3cc(OC(F)(F)F)ccc3O4)ccn2)C1. The molecule has 33 heavy (non-hydrogen) atoms. The van der Waals surface area contributed by atoms with Gasteiger partial charge in [-0.3, -0.25) is 4.79 Å². The molecular formula is C24H20F3N3O3. The largest absolute Gasteiger partial charge is 0.573 e. The summed E-state index contributed by atoms with van der Waals surface area (Å²) in [6.45, 7) is 4.12. The van der Waals surface area contributed by atoms with E-state index in [1.54, 1.807) is 18.3 Å². The lowest BCUT2D eigenvalue weighted by molar-refractivity contribution is -0.274. The number of hydrogen-bond donors (Lipinski definition) is 1. The molecule has 0 bridgehead atoms. The van der Waals surface area contributed by atoms with E-state index >= 15 is 0 Å². The van der Waals surface area contributed by atoms with Gasteiger partial charge in [-0.1, -0.05) is 13.0 Å². The third-order valence-electron chi connectivity index (χ3n) is 5.70. The van der Waals surface area contributed by atoms with E-state index in [9.17, 15) is 18.0 Å². The fraction of sp³-hybridized carbons (Fsp3) is 0.250. The average molecular weight is 455 g/mol. The molecule has 1 atom stereocenters. The summed E-state index contributed by atoms with van der Waals surface area (Å²) in [6, 6.07) is 12.6. The van der Waals surface area contributed by atoms with Gasteiger partial charge in [0.15, 0.2) is 5.75 Å². The first-order chi connectivity index (χ1) is 15.7. The Morgan fingerprint density at radius 3 is 2.64 bits per heavy atom. The van der Waals surface area contributed by atoms with Crippen molar-refractivity contribution in [3.8, 4) is 28.4 Å². The van der Waals surface area contributed by atoms with Gasteiger partial charge in [-0.15, -0.1) is 13.2 Å². The molecular weight excluding hydrogens is 435 g/mol. The molecule has 1 N–H and O–H groups in total. The fourth-order valence-electron chi connectivity index (χ4n) is 4.09. The molecule has 1 fully saturated rings. The van der Waals surface area contributed by atoms with Gasteiger partial charge in [-0.25, -0.2) is 4.98 Å². The maximum absolute atomic E-state index is 12.9. The molecule has 6 nitrogen and oxygen atoms in total. The standard InChI is InChI=1S/C24H20F3N3O3/c1-14-7-9-30(13-14)22-11-16(6-8-28-22)15-2-4-20-18(10-15)23(31)29-19-12-17(33-24(25,26)27)3-5-21(19)32-20/h2-6,8,10-12,14H,7,9,13H2,1H3,(H,29,31)/t14-/m0/s1. The minimum absolute atomic E-state index is 0.0915. The van der Waals surface area contributed by atoms with Gasteiger partial charge in [-0.05, 0) is 59.9 Å². The average Bonchev–Trinajstić information content (AvgIpc) is 3.15. The number of benzene rings is 2. The maximum Gasteiger partial charge on any atom is 0.573 e. The summed E-state index contributed by atoms with van der Waals surface area (Å²) in [5.74, 6) is 1.10. The summed E-state index contributed by atoms with van der Waals surface area (Å²) in [4.78, 5) is 19.6. The summed E-state index contributed by atoms with van der Waals surface area (Å²) >= 11 is 0. The van der Waals surface area contributed by atoms with Crippen LogP contribution >= 0.6 is 0 Å².